The SMILES string of the molecule is COc1ccc(NC(=O)Cc2cccc(N(Cc3ccccc3)C(=O)C=Cc3ccccc3)c2)cc1. The van der Waals surface area contributed by atoms with Crippen molar-refractivity contribution < 1.29 is 14.3 Å². The number of benzene rings is 4. The first-order chi connectivity index (χ1) is 17.6. The Morgan fingerprint density at radius 1 is 0.806 bits per heavy atom. The van der Waals surface area contributed by atoms with Crippen LogP contribution in [0.25, 0.3) is 6.08 Å². The van der Waals surface area contributed by atoms with E-state index in [-0.39, 0.29) is 18.2 Å². The first-order valence-electron chi connectivity index (χ1n) is 11.7. The molecule has 0 atom stereocenters. The highest BCUT2D eigenvalue weighted by atomic mass is 16.5. The molecule has 5 nitrogen and oxygen atoms in total. The van der Waals surface area contributed by atoms with E-state index in [1.165, 1.54) is 0 Å². The minimum Gasteiger partial charge on any atom is -0.497 e. The minimum atomic E-state index is -0.137. The Balaban J connectivity index is 1.52. The van der Waals surface area contributed by atoms with Gasteiger partial charge in [0.25, 0.3) is 5.91 Å². The number of hydrogen-bond donors (Lipinski definition) is 1. The number of amides is 2. The zero-order valence-corrected chi connectivity index (χ0v) is 20.1. The molecule has 0 saturated heterocycles. The van der Waals surface area contributed by atoms with Gasteiger partial charge in [0.05, 0.1) is 20.1 Å². The van der Waals surface area contributed by atoms with Crippen LogP contribution in [0.15, 0.2) is 115 Å². The Bertz CT molecular complexity index is 1320. The van der Waals surface area contributed by atoms with Crippen molar-refractivity contribution in [1.29, 1.82) is 0 Å². The van der Waals surface area contributed by atoms with Crippen molar-refractivity contribution in [3.63, 3.8) is 0 Å². The monoisotopic (exact) mass is 476 g/mol. The summed E-state index contributed by atoms with van der Waals surface area (Å²) in [5, 5.41) is 2.91. The predicted molar refractivity (Wildman–Crippen MR) is 145 cm³/mol. The van der Waals surface area contributed by atoms with Crippen molar-refractivity contribution in [2.24, 2.45) is 0 Å². The van der Waals surface area contributed by atoms with Gasteiger partial charge in [0.1, 0.15) is 5.75 Å². The van der Waals surface area contributed by atoms with Crippen LogP contribution in [0, 0.1) is 0 Å². The van der Waals surface area contributed by atoms with Crippen molar-refractivity contribution in [2.45, 2.75) is 13.0 Å². The topological polar surface area (TPSA) is 58.6 Å². The van der Waals surface area contributed by atoms with Crippen molar-refractivity contribution in [3.8, 4) is 5.75 Å². The Kier molecular flexibility index (Phi) is 8.28. The molecule has 0 aliphatic rings. The Morgan fingerprint density at radius 3 is 2.17 bits per heavy atom. The highest BCUT2D eigenvalue weighted by Crippen LogP contribution is 2.21. The van der Waals surface area contributed by atoms with Gasteiger partial charge in [-0.2, -0.15) is 0 Å². The van der Waals surface area contributed by atoms with Gasteiger partial charge in [0.15, 0.2) is 0 Å². The molecule has 0 spiro atoms. The summed E-state index contributed by atoms with van der Waals surface area (Å²) < 4.78 is 5.16. The summed E-state index contributed by atoms with van der Waals surface area (Å²) in [5.41, 5.74) is 4.22. The summed E-state index contributed by atoms with van der Waals surface area (Å²) in [6.07, 6.45) is 3.58. The fourth-order valence-corrected chi connectivity index (χ4v) is 3.78. The molecule has 4 aromatic rings. The van der Waals surface area contributed by atoms with Gasteiger partial charge in [-0.3, -0.25) is 9.59 Å². The first-order valence-corrected chi connectivity index (χ1v) is 11.7. The zero-order chi connectivity index (χ0) is 25.2. The van der Waals surface area contributed by atoms with Crippen LogP contribution in [0.3, 0.4) is 0 Å². The van der Waals surface area contributed by atoms with E-state index in [2.05, 4.69) is 5.32 Å². The van der Waals surface area contributed by atoms with Crippen LogP contribution in [0.2, 0.25) is 0 Å². The molecule has 5 heteroatoms. The van der Waals surface area contributed by atoms with E-state index in [1.807, 2.05) is 91.0 Å². The second kappa shape index (κ2) is 12.2. The number of carbonyl (C=O) groups is 2. The number of hydrogen-bond acceptors (Lipinski definition) is 3. The molecule has 0 unspecified atom stereocenters. The van der Waals surface area contributed by atoms with Crippen LogP contribution in [-0.2, 0) is 22.6 Å². The van der Waals surface area contributed by atoms with Crippen LogP contribution in [0.5, 0.6) is 5.75 Å². The quantitative estimate of drug-likeness (QED) is 0.296. The number of nitrogens with one attached hydrogen (secondary N) is 1. The molecule has 36 heavy (non-hydrogen) atoms. The van der Waals surface area contributed by atoms with Crippen LogP contribution in [0.1, 0.15) is 16.7 Å². The number of carbonyl (C=O) groups excluding carboxylic acids is 2. The van der Waals surface area contributed by atoms with E-state index in [0.717, 1.165) is 28.1 Å². The van der Waals surface area contributed by atoms with E-state index < -0.39 is 0 Å². The summed E-state index contributed by atoms with van der Waals surface area (Å²) in [6, 6.07) is 34.3. The van der Waals surface area contributed by atoms with Gasteiger partial charge in [-0.1, -0.05) is 72.8 Å². The summed E-state index contributed by atoms with van der Waals surface area (Å²) in [4.78, 5) is 27.7. The van der Waals surface area contributed by atoms with E-state index in [9.17, 15) is 9.59 Å². The lowest BCUT2D eigenvalue weighted by Gasteiger charge is -2.22. The highest BCUT2D eigenvalue weighted by Gasteiger charge is 2.15. The summed E-state index contributed by atoms with van der Waals surface area (Å²) in [5.74, 6) is 0.454. The van der Waals surface area contributed by atoms with Gasteiger partial charge >= 0.3 is 0 Å². The zero-order valence-electron chi connectivity index (χ0n) is 20.1. The molecule has 0 heterocycles. The molecule has 0 bridgehead atoms. The number of anilines is 2. The fourth-order valence-electron chi connectivity index (χ4n) is 3.78. The molecule has 0 radical (unpaired) electrons. The maximum atomic E-state index is 13.3. The highest BCUT2D eigenvalue weighted by molar-refractivity contribution is 6.04. The third-order valence-corrected chi connectivity index (χ3v) is 5.63. The largest absolute Gasteiger partial charge is 0.497 e. The third kappa shape index (κ3) is 6.93. The molecule has 1 N–H and O–H groups in total. The molecule has 0 saturated carbocycles. The number of nitrogens with zero attached hydrogens (tertiary/aromatic N) is 1. The summed E-state index contributed by atoms with van der Waals surface area (Å²) >= 11 is 0. The van der Waals surface area contributed by atoms with Crippen LogP contribution in [-0.4, -0.2) is 18.9 Å². The third-order valence-electron chi connectivity index (χ3n) is 5.63. The summed E-state index contributed by atoms with van der Waals surface area (Å²) in [7, 11) is 1.60. The fraction of sp³-hybridized carbons (Fsp3) is 0.0968. The maximum absolute atomic E-state index is 13.3. The van der Waals surface area contributed by atoms with Crippen molar-refractivity contribution in [2.75, 3.05) is 17.3 Å². The molecule has 0 aliphatic carbocycles. The molecule has 0 fully saturated rings. The number of methoxy groups -OCH3 is 1. The lowest BCUT2D eigenvalue weighted by atomic mass is 10.1. The van der Waals surface area contributed by atoms with E-state index in [1.54, 1.807) is 42.4 Å². The molecular weight excluding hydrogens is 448 g/mol. The number of ether oxygens (including phenoxy) is 1. The van der Waals surface area contributed by atoms with Crippen LogP contribution >= 0.6 is 0 Å². The van der Waals surface area contributed by atoms with Crippen molar-refractivity contribution >= 4 is 29.3 Å². The average molecular weight is 477 g/mol. The van der Waals surface area contributed by atoms with Crippen LogP contribution in [0.4, 0.5) is 11.4 Å². The summed E-state index contributed by atoms with van der Waals surface area (Å²) in [6.45, 7) is 0.417. The molecule has 4 rings (SSSR count). The molecule has 0 aliphatic heterocycles. The lowest BCUT2D eigenvalue weighted by molar-refractivity contribution is -0.115. The van der Waals surface area contributed by atoms with Crippen molar-refractivity contribution in [1.82, 2.24) is 0 Å². The van der Waals surface area contributed by atoms with Crippen LogP contribution < -0.4 is 15.0 Å². The lowest BCUT2D eigenvalue weighted by Crippen LogP contribution is -2.28. The van der Waals surface area contributed by atoms with E-state index >= 15 is 0 Å². The molecular formula is C31H28N2O3. The van der Waals surface area contributed by atoms with Gasteiger partial charge in [0, 0.05) is 17.5 Å². The Morgan fingerprint density at radius 2 is 1.47 bits per heavy atom. The van der Waals surface area contributed by atoms with Gasteiger partial charge < -0.3 is 15.0 Å². The standard InChI is InChI=1S/C31H28N2O3/c1-36-29-18-16-27(17-19-29)32-30(34)22-26-13-8-14-28(21-26)33(23-25-11-6-3-7-12-25)31(35)20-15-24-9-4-2-5-10-24/h2-21H,22-23H2,1H3,(H,32,34). The van der Waals surface area contributed by atoms with Gasteiger partial charge in [0.2, 0.25) is 5.91 Å². The van der Waals surface area contributed by atoms with E-state index in [4.69, 9.17) is 4.74 Å². The molecule has 4 aromatic carbocycles. The molecule has 0 aromatic heterocycles. The average Bonchev–Trinajstić information content (AvgIpc) is 2.92. The molecule has 2 amide bonds. The normalized spacial score (nSPS) is 10.7. The van der Waals surface area contributed by atoms with Gasteiger partial charge in [-0.15, -0.1) is 0 Å². The first kappa shape index (κ1) is 24.5. The Labute approximate surface area is 211 Å². The predicted octanol–water partition coefficient (Wildman–Crippen LogP) is 6.12. The second-order valence-corrected chi connectivity index (χ2v) is 8.28. The van der Waals surface area contributed by atoms with Crippen molar-refractivity contribution in [3.05, 3.63) is 132 Å². The molecule has 180 valence electrons. The van der Waals surface area contributed by atoms with Gasteiger partial charge in [-0.05, 0) is 59.2 Å². The number of rotatable bonds is 9. The smallest absolute Gasteiger partial charge is 0.251 e. The maximum Gasteiger partial charge on any atom is 0.251 e. The Hall–Kier alpha value is -4.64. The second-order valence-electron chi connectivity index (χ2n) is 8.28. The van der Waals surface area contributed by atoms with Gasteiger partial charge in [-0.25, -0.2) is 0 Å². The van der Waals surface area contributed by atoms with E-state index in [0.29, 0.717) is 12.2 Å². The minimum absolute atomic E-state index is 0.137.